The number of aromatic amines is 1. The van der Waals surface area contributed by atoms with E-state index in [2.05, 4.69) is 53.7 Å². The lowest BCUT2D eigenvalue weighted by Crippen LogP contribution is -2.37. The Hall–Kier alpha value is -3.98. The largest absolute Gasteiger partial charge is 0.378 e. The maximum atomic E-state index is 5.46. The van der Waals surface area contributed by atoms with Crippen molar-refractivity contribution in [3.8, 4) is 0 Å². The summed E-state index contributed by atoms with van der Waals surface area (Å²) in [5.41, 5.74) is 6.99. The van der Waals surface area contributed by atoms with Crippen LogP contribution in [-0.4, -0.2) is 52.5 Å². The summed E-state index contributed by atoms with van der Waals surface area (Å²) in [6.07, 6.45) is 1.71. The standard InChI is InChI=1S/C23H24N8O/c1-16-6-8-18(9-7-16)26-21-27-22(29-23(28-21)31-10-12-32-13-11-31)30-24-15-19-14-17-4-2-3-5-20(17)25-19/h2-9,14-15,25H,10-13H2,1H3,(H2,26,27,28,29,30)/b24-15+. The first-order chi connectivity index (χ1) is 15.7. The van der Waals surface area contributed by atoms with Crippen molar-refractivity contribution >= 4 is 40.6 Å². The highest BCUT2D eigenvalue weighted by atomic mass is 16.5. The monoisotopic (exact) mass is 428 g/mol. The molecule has 0 unspecified atom stereocenters. The number of aryl methyl sites for hydroxylation is 1. The van der Waals surface area contributed by atoms with Gasteiger partial charge in [0, 0.05) is 29.7 Å². The van der Waals surface area contributed by atoms with Crippen LogP contribution < -0.4 is 15.6 Å². The van der Waals surface area contributed by atoms with Gasteiger partial charge in [0.15, 0.2) is 0 Å². The van der Waals surface area contributed by atoms with Crippen molar-refractivity contribution in [3.05, 3.63) is 65.9 Å². The van der Waals surface area contributed by atoms with Crippen molar-refractivity contribution in [1.82, 2.24) is 19.9 Å². The van der Waals surface area contributed by atoms with Crippen LogP contribution >= 0.6 is 0 Å². The van der Waals surface area contributed by atoms with E-state index < -0.39 is 0 Å². The van der Waals surface area contributed by atoms with Gasteiger partial charge in [0.05, 0.1) is 25.1 Å². The number of nitrogens with one attached hydrogen (secondary N) is 3. The van der Waals surface area contributed by atoms with Crippen LogP contribution in [0.3, 0.4) is 0 Å². The third kappa shape index (κ3) is 4.68. The Labute approximate surface area is 185 Å². The van der Waals surface area contributed by atoms with Crippen molar-refractivity contribution in [3.63, 3.8) is 0 Å². The summed E-state index contributed by atoms with van der Waals surface area (Å²) in [4.78, 5) is 19.1. The van der Waals surface area contributed by atoms with E-state index in [0.717, 1.165) is 35.4 Å². The second-order valence-corrected chi connectivity index (χ2v) is 7.56. The molecule has 1 aliphatic rings. The first-order valence-electron chi connectivity index (χ1n) is 10.5. The van der Waals surface area contributed by atoms with Crippen molar-refractivity contribution in [2.24, 2.45) is 5.10 Å². The van der Waals surface area contributed by atoms with Crippen LogP contribution in [0, 0.1) is 6.92 Å². The average Bonchev–Trinajstić information content (AvgIpc) is 3.24. The molecule has 2 aromatic heterocycles. The summed E-state index contributed by atoms with van der Waals surface area (Å²) in [6, 6.07) is 18.2. The Morgan fingerprint density at radius 2 is 1.78 bits per heavy atom. The van der Waals surface area contributed by atoms with Crippen LogP contribution in [0.5, 0.6) is 0 Å². The van der Waals surface area contributed by atoms with Crippen molar-refractivity contribution < 1.29 is 4.74 Å². The van der Waals surface area contributed by atoms with Gasteiger partial charge in [-0.05, 0) is 31.2 Å². The number of anilines is 4. The van der Waals surface area contributed by atoms with E-state index in [1.165, 1.54) is 5.56 Å². The Bertz CT molecular complexity index is 1200. The lowest BCUT2D eigenvalue weighted by Gasteiger charge is -2.27. The van der Waals surface area contributed by atoms with Crippen LogP contribution in [0.2, 0.25) is 0 Å². The fourth-order valence-corrected chi connectivity index (χ4v) is 3.47. The molecule has 5 rings (SSSR count). The number of nitrogens with zero attached hydrogens (tertiary/aromatic N) is 5. The Morgan fingerprint density at radius 1 is 1.00 bits per heavy atom. The molecule has 9 nitrogen and oxygen atoms in total. The van der Waals surface area contributed by atoms with Crippen molar-refractivity contribution in [2.75, 3.05) is 41.9 Å². The highest BCUT2D eigenvalue weighted by molar-refractivity contribution is 5.89. The maximum absolute atomic E-state index is 5.46. The van der Waals surface area contributed by atoms with Gasteiger partial charge >= 0.3 is 0 Å². The van der Waals surface area contributed by atoms with Crippen molar-refractivity contribution in [1.29, 1.82) is 0 Å². The van der Waals surface area contributed by atoms with E-state index in [-0.39, 0.29) is 0 Å². The zero-order chi connectivity index (χ0) is 21.8. The summed E-state index contributed by atoms with van der Waals surface area (Å²) in [6.45, 7) is 4.80. The Morgan fingerprint density at radius 3 is 2.59 bits per heavy atom. The molecule has 0 radical (unpaired) electrons. The fraction of sp³-hybridized carbons (Fsp3) is 0.217. The van der Waals surface area contributed by atoms with Gasteiger partial charge in [0.1, 0.15) is 0 Å². The van der Waals surface area contributed by atoms with E-state index in [4.69, 9.17) is 4.74 Å². The number of morpholine rings is 1. The third-order valence-electron chi connectivity index (χ3n) is 5.14. The molecule has 3 heterocycles. The zero-order valence-electron chi connectivity index (χ0n) is 17.7. The second-order valence-electron chi connectivity index (χ2n) is 7.56. The van der Waals surface area contributed by atoms with Gasteiger partial charge in [0.2, 0.25) is 17.8 Å². The number of aromatic nitrogens is 4. The predicted octanol–water partition coefficient (Wildman–Crippen LogP) is 3.69. The molecule has 0 atom stereocenters. The number of hydrazone groups is 1. The Kier molecular flexibility index (Phi) is 5.63. The van der Waals surface area contributed by atoms with Gasteiger partial charge in [0.25, 0.3) is 0 Å². The van der Waals surface area contributed by atoms with Crippen LogP contribution in [0.15, 0.2) is 59.7 Å². The topological polar surface area (TPSA) is 103 Å². The van der Waals surface area contributed by atoms with E-state index in [1.807, 2.05) is 48.5 Å². The minimum Gasteiger partial charge on any atom is -0.378 e. The maximum Gasteiger partial charge on any atom is 0.250 e. The number of hydrogen-bond acceptors (Lipinski definition) is 8. The molecule has 0 amide bonds. The molecule has 32 heavy (non-hydrogen) atoms. The summed E-state index contributed by atoms with van der Waals surface area (Å²) in [7, 11) is 0. The quantitative estimate of drug-likeness (QED) is 0.318. The molecule has 0 aliphatic carbocycles. The fourth-order valence-electron chi connectivity index (χ4n) is 3.47. The van der Waals surface area contributed by atoms with E-state index >= 15 is 0 Å². The molecule has 1 saturated heterocycles. The smallest absolute Gasteiger partial charge is 0.250 e. The number of para-hydroxylation sites is 1. The number of H-pyrrole nitrogens is 1. The minimum absolute atomic E-state index is 0.364. The first-order valence-corrected chi connectivity index (χ1v) is 10.5. The average molecular weight is 429 g/mol. The molecule has 162 valence electrons. The summed E-state index contributed by atoms with van der Waals surface area (Å²) in [5.74, 6) is 1.40. The third-order valence-corrected chi connectivity index (χ3v) is 5.14. The van der Waals surface area contributed by atoms with Gasteiger partial charge in [-0.1, -0.05) is 35.9 Å². The lowest BCUT2D eigenvalue weighted by atomic mass is 10.2. The second kappa shape index (κ2) is 9.03. The summed E-state index contributed by atoms with van der Waals surface area (Å²) >= 11 is 0. The molecule has 1 fully saturated rings. The van der Waals surface area contributed by atoms with Gasteiger partial charge < -0.3 is 19.9 Å². The molecule has 3 N–H and O–H groups in total. The molecular weight excluding hydrogens is 404 g/mol. The SMILES string of the molecule is Cc1ccc(Nc2nc(N/N=C/c3cc4ccccc4[nH]3)nc(N3CCOCC3)n2)cc1. The molecular formula is C23H24N8O. The molecule has 2 aromatic carbocycles. The Balaban J connectivity index is 1.38. The minimum atomic E-state index is 0.364. The normalized spacial score (nSPS) is 14.2. The predicted molar refractivity (Wildman–Crippen MR) is 127 cm³/mol. The van der Waals surface area contributed by atoms with Gasteiger partial charge in [-0.3, -0.25) is 0 Å². The highest BCUT2D eigenvalue weighted by Crippen LogP contribution is 2.19. The summed E-state index contributed by atoms with van der Waals surface area (Å²) < 4.78 is 5.46. The zero-order valence-corrected chi connectivity index (χ0v) is 17.7. The van der Waals surface area contributed by atoms with Crippen molar-refractivity contribution in [2.45, 2.75) is 6.92 Å². The molecule has 0 saturated carbocycles. The van der Waals surface area contributed by atoms with Crippen LogP contribution in [-0.2, 0) is 4.74 Å². The molecule has 0 bridgehead atoms. The van der Waals surface area contributed by atoms with E-state index in [9.17, 15) is 0 Å². The number of fused-ring (bicyclic) bond motifs is 1. The number of rotatable bonds is 6. The molecule has 1 aliphatic heterocycles. The molecule has 0 spiro atoms. The number of benzene rings is 2. The highest BCUT2D eigenvalue weighted by Gasteiger charge is 2.16. The van der Waals surface area contributed by atoms with Gasteiger partial charge in [-0.2, -0.15) is 20.1 Å². The molecule has 4 aromatic rings. The van der Waals surface area contributed by atoms with Crippen LogP contribution in [0.25, 0.3) is 10.9 Å². The van der Waals surface area contributed by atoms with Crippen LogP contribution in [0.1, 0.15) is 11.3 Å². The van der Waals surface area contributed by atoms with E-state index in [1.54, 1.807) is 6.21 Å². The van der Waals surface area contributed by atoms with E-state index in [0.29, 0.717) is 31.1 Å². The first kappa shape index (κ1) is 20.0. The lowest BCUT2D eigenvalue weighted by molar-refractivity contribution is 0.122. The van der Waals surface area contributed by atoms with Crippen LogP contribution in [0.4, 0.5) is 23.5 Å². The number of ether oxygens (including phenoxy) is 1. The number of hydrogen-bond donors (Lipinski definition) is 3. The van der Waals surface area contributed by atoms with Gasteiger partial charge in [-0.25, -0.2) is 5.43 Å². The molecule has 9 heteroatoms. The summed E-state index contributed by atoms with van der Waals surface area (Å²) in [5, 5.41) is 8.71. The van der Waals surface area contributed by atoms with Gasteiger partial charge in [-0.15, -0.1) is 0 Å².